The van der Waals surface area contributed by atoms with Crippen molar-refractivity contribution >= 4 is 31.6 Å². The van der Waals surface area contributed by atoms with Crippen molar-refractivity contribution in [1.29, 1.82) is 0 Å². The van der Waals surface area contributed by atoms with Gasteiger partial charge in [0.05, 0.1) is 17.2 Å². The molecule has 6 heteroatoms. The zero-order valence-corrected chi connectivity index (χ0v) is 13.2. The molecule has 20 heavy (non-hydrogen) atoms. The molecule has 0 aliphatic carbocycles. The Labute approximate surface area is 127 Å². The fourth-order valence-electron chi connectivity index (χ4n) is 1.74. The monoisotopic (exact) mass is 355 g/mol. The first-order valence-electron chi connectivity index (χ1n) is 5.88. The Kier molecular flexibility index (Phi) is 4.80. The lowest BCUT2D eigenvalue weighted by molar-refractivity contribution is 0.185. The standard InChI is InChI=1S/C14H14BrNO3S/c1-19-10-11-5-2-3-8-14(11)16-20(17,18)13-7-4-6-12(15)9-13/h2-9,16H,10H2,1H3. The van der Waals surface area contributed by atoms with Crippen LogP contribution in [0.25, 0.3) is 0 Å². The van der Waals surface area contributed by atoms with E-state index in [0.29, 0.717) is 16.8 Å². The minimum Gasteiger partial charge on any atom is -0.380 e. The maximum absolute atomic E-state index is 12.3. The quantitative estimate of drug-likeness (QED) is 0.894. The molecule has 0 saturated carbocycles. The normalized spacial score (nSPS) is 11.3. The second kappa shape index (κ2) is 6.39. The Morgan fingerprint density at radius 3 is 2.60 bits per heavy atom. The molecule has 4 nitrogen and oxygen atoms in total. The van der Waals surface area contributed by atoms with Crippen LogP contribution in [0.2, 0.25) is 0 Å². The topological polar surface area (TPSA) is 55.4 Å². The van der Waals surface area contributed by atoms with E-state index in [1.54, 1.807) is 43.5 Å². The molecule has 0 unspecified atom stereocenters. The fourth-order valence-corrected chi connectivity index (χ4v) is 3.44. The van der Waals surface area contributed by atoms with E-state index < -0.39 is 10.0 Å². The molecule has 0 spiro atoms. The molecule has 2 aromatic carbocycles. The number of ether oxygens (including phenoxy) is 1. The fraction of sp³-hybridized carbons (Fsp3) is 0.143. The zero-order valence-electron chi connectivity index (χ0n) is 10.8. The highest BCUT2D eigenvalue weighted by Gasteiger charge is 2.15. The number of sulfonamides is 1. The van der Waals surface area contributed by atoms with E-state index in [2.05, 4.69) is 20.7 Å². The van der Waals surface area contributed by atoms with Gasteiger partial charge in [0.2, 0.25) is 0 Å². The highest BCUT2D eigenvalue weighted by atomic mass is 79.9. The van der Waals surface area contributed by atoms with Crippen molar-refractivity contribution < 1.29 is 13.2 Å². The van der Waals surface area contributed by atoms with Crippen LogP contribution in [-0.2, 0) is 21.4 Å². The Morgan fingerprint density at radius 2 is 1.90 bits per heavy atom. The van der Waals surface area contributed by atoms with Gasteiger partial charge in [0.1, 0.15) is 0 Å². The average Bonchev–Trinajstić information content (AvgIpc) is 2.41. The van der Waals surface area contributed by atoms with Gasteiger partial charge in [0.15, 0.2) is 0 Å². The maximum atomic E-state index is 12.3. The van der Waals surface area contributed by atoms with Crippen LogP contribution < -0.4 is 4.72 Å². The van der Waals surface area contributed by atoms with Gasteiger partial charge in [-0.05, 0) is 24.3 Å². The van der Waals surface area contributed by atoms with Gasteiger partial charge in [0.25, 0.3) is 10.0 Å². The van der Waals surface area contributed by atoms with E-state index in [-0.39, 0.29) is 4.90 Å². The summed E-state index contributed by atoms with van der Waals surface area (Å²) >= 11 is 3.27. The number of methoxy groups -OCH3 is 1. The molecule has 0 saturated heterocycles. The van der Waals surface area contributed by atoms with Gasteiger partial charge in [-0.1, -0.05) is 40.2 Å². The van der Waals surface area contributed by atoms with Crippen molar-refractivity contribution in [1.82, 2.24) is 0 Å². The van der Waals surface area contributed by atoms with Crippen LogP contribution in [0.4, 0.5) is 5.69 Å². The highest BCUT2D eigenvalue weighted by Crippen LogP contribution is 2.22. The SMILES string of the molecule is COCc1ccccc1NS(=O)(=O)c1cccc(Br)c1. The van der Waals surface area contributed by atoms with E-state index in [0.717, 1.165) is 5.56 Å². The molecule has 0 heterocycles. The number of halogens is 1. The Morgan fingerprint density at radius 1 is 1.15 bits per heavy atom. The zero-order chi connectivity index (χ0) is 14.6. The smallest absolute Gasteiger partial charge is 0.261 e. The highest BCUT2D eigenvalue weighted by molar-refractivity contribution is 9.10. The third kappa shape index (κ3) is 3.59. The number of rotatable bonds is 5. The average molecular weight is 356 g/mol. The Bertz CT molecular complexity index is 701. The maximum Gasteiger partial charge on any atom is 0.261 e. The summed E-state index contributed by atoms with van der Waals surface area (Å²) in [4.78, 5) is 0.207. The van der Waals surface area contributed by atoms with E-state index in [9.17, 15) is 8.42 Å². The molecule has 2 aromatic rings. The molecule has 1 N–H and O–H groups in total. The molecule has 0 fully saturated rings. The Hall–Kier alpha value is -1.37. The lowest BCUT2D eigenvalue weighted by Gasteiger charge is -2.12. The summed E-state index contributed by atoms with van der Waals surface area (Å²) in [7, 11) is -2.04. The summed E-state index contributed by atoms with van der Waals surface area (Å²) in [5, 5.41) is 0. The van der Waals surface area contributed by atoms with Gasteiger partial charge < -0.3 is 4.74 Å². The third-order valence-electron chi connectivity index (χ3n) is 2.67. The molecule has 0 radical (unpaired) electrons. The largest absolute Gasteiger partial charge is 0.380 e. The number of hydrogen-bond acceptors (Lipinski definition) is 3. The summed E-state index contributed by atoms with van der Waals surface area (Å²) in [5.41, 5.74) is 1.31. The summed E-state index contributed by atoms with van der Waals surface area (Å²) in [6.07, 6.45) is 0. The summed E-state index contributed by atoms with van der Waals surface area (Å²) in [6.45, 7) is 0.344. The lowest BCUT2D eigenvalue weighted by atomic mass is 10.2. The summed E-state index contributed by atoms with van der Waals surface area (Å²) < 4.78 is 33.0. The summed E-state index contributed by atoms with van der Waals surface area (Å²) in [6, 6.07) is 13.7. The molecule has 0 amide bonds. The van der Waals surface area contributed by atoms with Crippen LogP contribution in [0.1, 0.15) is 5.56 Å². The molecule has 2 rings (SSSR count). The third-order valence-corrected chi connectivity index (χ3v) is 4.52. The van der Waals surface area contributed by atoms with Crippen molar-refractivity contribution in [3.05, 3.63) is 58.6 Å². The first-order valence-corrected chi connectivity index (χ1v) is 8.16. The van der Waals surface area contributed by atoms with Crippen molar-refractivity contribution in [3.8, 4) is 0 Å². The van der Waals surface area contributed by atoms with Crippen LogP contribution in [0.15, 0.2) is 57.9 Å². The predicted octanol–water partition coefficient (Wildman–Crippen LogP) is 3.40. The van der Waals surface area contributed by atoms with E-state index >= 15 is 0 Å². The lowest BCUT2D eigenvalue weighted by Crippen LogP contribution is -2.14. The second-order valence-electron chi connectivity index (χ2n) is 4.15. The van der Waals surface area contributed by atoms with Gasteiger partial charge in [-0.2, -0.15) is 0 Å². The Balaban J connectivity index is 2.34. The number of nitrogens with one attached hydrogen (secondary N) is 1. The second-order valence-corrected chi connectivity index (χ2v) is 6.75. The molecule has 0 aliphatic heterocycles. The molecule has 0 aliphatic rings. The predicted molar refractivity (Wildman–Crippen MR) is 82.1 cm³/mol. The van der Waals surface area contributed by atoms with E-state index in [4.69, 9.17) is 4.74 Å². The van der Waals surface area contributed by atoms with Crippen LogP contribution >= 0.6 is 15.9 Å². The number of anilines is 1. The van der Waals surface area contributed by atoms with Crippen LogP contribution in [0, 0.1) is 0 Å². The number of hydrogen-bond donors (Lipinski definition) is 1. The summed E-state index contributed by atoms with van der Waals surface area (Å²) in [5.74, 6) is 0. The van der Waals surface area contributed by atoms with Gasteiger partial charge in [-0.3, -0.25) is 4.72 Å². The molecule has 0 atom stereocenters. The molecular weight excluding hydrogens is 342 g/mol. The van der Waals surface area contributed by atoms with E-state index in [1.165, 1.54) is 0 Å². The molecule has 106 valence electrons. The minimum atomic E-state index is -3.61. The number of benzene rings is 2. The van der Waals surface area contributed by atoms with Gasteiger partial charge in [-0.15, -0.1) is 0 Å². The van der Waals surface area contributed by atoms with Gasteiger partial charge >= 0.3 is 0 Å². The van der Waals surface area contributed by atoms with Crippen LogP contribution in [0.3, 0.4) is 0 Å². The van der Waals surface area contributed by atoms with Crippen molar-refractivity contribution in [3.63, 3.8) is 0 Å². The molecular formula is C14H14BrNO3S. The first kappa shape index (κ1) is 15.0. The molecule has 0 bridgehead atoms. The van der Waals surface area contributed by atoms with Crippen molar-refractivity contribution in [2.45, 2.75) is 11.5 Å². The number of para-hydroxylation sites is 1. The molecule has 0 aromatic heterocycles. The van der Waals surface area contributed by atoms with E-state index in [1.807, 2.05) is 12.1 Å². The van der Waals surface area contributed by atoms with Gasteiger partial charge in [0, 0.05) is 17.1 Å². The van der Waals surface area contributed by atoms with Crippen molar-refractivity contribution in [2.24, 2.45) is 0 Å². The minimum absolute atomic E-state index is 0.207. The van der Waals surface area contributed by atoms with Crippen LogP contribution in [0.5, 0.6) is 0 Å². The first-order chi connectivity index (χ1) is 9.53. The van der Waals surface area contributed by atoms with Crippen molar-refractivity contribution in [2.75, 3.05) is 11.8 Å². The van der Waals surface area contributed by atoms with Gasteiger partial charge in [-0.25, -0.2) is 8.42 Å². The van der Waals surface area contributed by atoms with Crippen LogP contribution in [-0.4, -0.2) is 15.5 Å².